The molecule has 0 rings (SSSR count). The van der Waals surface area contributed by atoms with E-state index in [-0.39, 0.29) is 12.2 Å². The maximum atomic E-state index is 11.9. The zero-order valence-corrected chi connectivity index (χ0v) is 11.0. The molecule has 0 spiro atoms. The van der Waals surface area contributed by atoms with Gasteiger partial charge in [-0.3, -0.25) is 4.79 Å². The van der Waals surface area contributed by atoms with Crippen LogP contribution in [0.15, 0.2) is 12.2 Å². The Balaban J connectivity index is 5.16. The summed E-state index contributed by atoms with van der Waals surface area (Å²) in [6, 6.07) is 1.93. The van der Waals surface area contributed by atoms with E-state index in [1.165, 1.54) is 19.1 Å². The number of nitrogens with zero attached hydrogens (tertiary/aromatic N) is 1. The van der Waals surface area contributed by atoms with E-state index in [9.17, 15) is 9.59 Å². The summed E-state index contributed by atoms with van der Waals surface area (Å²) in [5.74, 6) is -0.825. The van der Waals surface area contributed by atoms with Crippen LogP contribution in [0.5, 0.6) is 0 Å². The average Bonchev–Trinajstić information content (AvgIpc) is 2.17. The quantitative estimate of drug-likeness (QED) is 0.556. The van der Waals surface area contributed by atoms with E-state index in [0.29, 0.717) is 0 Å². The molecule has 0 aromatic rings. The van der Waals surface area contributed by atoms with Crippen molar-refractivity contribution in [2.45, 2.75) is 46.6 Å². The predicted molar refractivity (Wildman–Crippen MR) is 64.0 cm³/mol. The fraction of sp³-hybridized carbons (Fsp3) is 0.615. The third kappa shape index (κ3) is 4.81. The van der Waals surface area contributed by atoms with Crippen molar-refractivity contribution in [2.75, 3.05) is 0 Å². The van der Waals surface area contributed by atoms with Crippen molar-refractivity contribution in [3.63, 3.8) is 0 Å². The van der Waals surface area contributed by atoms with Crippen LogP contribution in [0.1, 0.15) is 41.0 Å². The second kappa shape index (κ2) is 5.62. The van der Waals surface area contributed by atoms with Crippen molar-refractivity contribution in [2.24, 2.45) is 5.41 Å². The SMILES string of the molecule is CC[C@](C#N)(/C=C\C(C)=O)C(=O)OC(C)(C)C. The van der Waals surface area contributed by atoms with Gasteiger partial charge in [-0.05, 0) is 46.3 Å². The molecule has 0 N–H and O–H groups in total. The molecule has 94 valence electrons. The summed E-state index contributed by atoms with van der Waals surface area (Å²) in [5.41, 5.74) is -2.03. The zero-order valence-electron chi connectivity index (χ0n) is 11.0. The topological polar surface area (TPSA) is 67.2 Å². The number of hydrogen-bond acceptors (Lipinski definition) is 4. The highest BCUT2D eigenvalue weighted by Gasteiger charge is 2.38. The Morgan fingerprint density at radius 1 is 1.35 bits per heavy atom. The molecule has 0 fully saturated rings. The summed E-state index contributed by atoms with van der Waals surface area (Å²) in [5, 5.41) is 9.14. The number of rotatable bonds is 4. The van der Waals surface area contributed by atoms with Crippen LogP contribution in [0.2, 0.25) is 0 Å². The minimum absolute atomic E-state index is 0.207. The first kappa shape index (κ1) is 15.4. The van der Waals surface area contributed by atoms with Crippen molar-refractivity contribution in [3.8, 4) is 6.07 Å². The maximum absolute atomic E-state index is 11.9. The predicted octanol–water partition coefficient (Wildman–Crippen LogP) is 2.39. The maximum Gasteiger partial charge on any atom is 0.330 e. The number of hydrogen-bond donors (Lipinski definition) is 0. The summed E-state index contributed by atoms with van der Waals surface area (Å²) < 4.78 is 5.19. The number of ketones is 1. The summed E-state index contributed by atoms with van der Waals surface area (Å²) >= 11 is 0. The highest BCUT2D eigenvalue weighted by atomic mass is 16.6. The van der Waals surface area contributed by atoms with E-state index in [0.717, 1.165) is 0 Å². The van der Waals surface area contributed by atoms with Crippen molar-refractivity contribution < 1.29 is 14.3 Å². The van der Waals surface area contributed by atoms with Crippen LogP contribution in [0, 0.1) is 16.7 Å². The molecule has 4 heteroatoms. The molecular weight excluding hydrogens is 218 g/mol. The standard InChI is InChI=1S/C13H19NO3/c1-6-13(9-14,8-7-10(2)15)11(16)17-12(3,4)5/h7-8H,6H2,1-5H3/b8-7-/t13-/m1/s1. The van der Waals surface area contributed by atoms with Gasteiger partial charge in [-0.1, -0.05) is 6.92 Å². The fourth-order valence-corrected chi connectivity index (χ4v) is 1.12. The van der Waals surface area contributed by atoms with E-state index in [4.69, 9.17) is 10.00 Å². The van der Waals surface area contributed by atoms with Gasteiger partial charge in [0.15, 0.2) is 11.2 Å². The van der Waals surface area contributed by atoms with E-state index in [1.807, 2.05) is 6.07 Å². The van der Waals surface area contributed by atoms with Gasteiger partial charge in [0.25, 0.3) is 0 Å². The number of carbonyl (C=O) groups excluding carboxylic acids is 2. The first-order chi connectivity index (χ1) is 7.67. The second-order valence-corrected chi connectivity index (χ2v) is 4.88. The van der Waals surface area contributed by atoms with Gasteiger partial charge in [0, 0.05) is 0 Å². The van der Waals surface area contributed by atoms with Gasteiger partial charge in [-0.15, -0.1) is 0 Å². The lowest BCUT2D eigenvalue weighted by molar-refractivity contribution is -0.161. The molecular formula is C13H19NO3. The Hall–Kier alpha value is -1.63. The fourth-order valence-electron chi connectivity index (χ4n) is 1.12. The molecule has 0 saturated carbocycles. The lowest BCUT2D eigenvalue weighted by Gasteiger charge is -2.26. The van der Waals surface area contributed by atoms with Crippen molar-refractivity contribution in [3.05, 3.63) is 12.2 Å². The highest BCUT2D eigenvalue weighted by Crippen LogP contribution is 2.27. The molecule has 17 heavy (non-hydrogen) atoms. The average molecular weight is 237 g/mol. The zero-order chi connectivity index (χ0) is 13.7. The van der Waals surface area contributed by atoms with Gasteiger partial charge in [0.05, 0.1) is 6.07 Å². The summed E-state index contributed by atoms with van der Waals surface area (Å²) in [4.78, 5) is 22.8. The molecule has 0 aliphatic rings. The first-order valence-electron chi connectivity index (χ1n) is 5.51. The third-order valence-corrected chi connectivity index (χ3v) is 2.12. The van der Waals surface area contributed by atoms with Gasteiger partial charge in [0.2, 0.25) is 0 Å². The molecule has 0 amide bonds. The van der Waals surface area contributed by atoms with Crippen LogP contribution < -0.4 is 0 Å². The van der Waals surface area contributed by atoms with Gasteiger partial charge < -0.3 is 4.74 Å². The smallest absolute Gasteiger partial charge is 0.330 e. The van der Waals surface area contributed by atoms with E-state index >= 15 is 0 Å². The Morgan fingerprint density at radius 2 is 1.88 bits per heavy atom. The Kier molecular flexibility index (Phi) is 5.09. The molecule has 4 nitrogen and oxygen atoms in total. The van der Waals surface area contributed by atoms with Crippen LogP contribution in [0.3, 0.4) is 0 Å². The molecule has 1 atom stereocenters. The Morgan fingerprint density at radius 3 is 2.18 bits per heavy atom. The molecule has 0 radical (unpaired) electrons. The van der Waals surface area contributed by atoms with E-state index in [2.05, 4.69) is 0 Å². The molecule has 0 unspecified atom stereocenters. The molecule has 0 aliphatic carbocycles. The Bertz CT molecular complexity index is 371. The van der Waals surface area contributed by atoms with Crippen LogP contribution in [0.25, 0.3) is 0 Å². The van der Waals surface area contributed by atoms with E-state index < -0.39 is 17.0 Å². The monoisotopic (exact) mass is 237 g/mol. The van der Waals surface area contributed by atoms with Crippen LogP contribution in [-0.4, -0.2) is 17.4 Å². The van der Waals surface area contributed by atoms with Crippen LogP contribution >= 0.6 is 0 Å². The van der Waals surface area contributed by atoms with Crippen LogP contribution in [0.4, 0.5) is 0 Å². The minimum Gasteiger partial charge on any atom is -0.459 e. The number of esters is 1. The van der Waals surface area contributed by atoms with Crippen molar-refractivity contribution in [1.29, 1.82) is 5.26 Å². The minimum atomic E-state index is -1.38. The first-order valence-corrected chi connectivity index (χ1v) is 5.51. The van der Waals surface area contributed by atoms with E-state index in [1.54, 1.807) is 27.7 Å². The lowest BCUT2D eigenvalue weighted by atomic mass is 9.86. The molecule has 0 aliphatic heterocycles. The van der Waals surface area contributed by atoms with Gasteiger partial charge in [0.1, 0.15) is 5.60 Å². The van der Waals surface area contributed by atoms with Gasteiger partial charge in [-0.2, -0.15) is 5.26 Å². The Labute approximate surface area is 102 Å². The molecule has 0 heterocycles. The number of allylic oxidation sites excluding steroid dienone is 1. The summed E-state index contributed by atoms with van der Waals surface area (Å²) in [6.07, 6.45) is 2.82. The largest absolute Gasteiger partial charge is 0.459 e. The third-order valence-electron chi connectivity index (χ3n) is 2.12. The highest BCUT2D eigenvalue weighted by molar-refractivity contribution is 5.90. The van der Waals surface area contributed by atoms with Crippen molar-refractivity contribution >= 4 is 11.8 Å². The number of carbonyl (C=O) groups is 2. The second-order valence-electron chi connectivity index (χ2n) is 4.88. The normalized spacial score (nSPS) is 15.1. The van der Waals surface area contributed by atoms with Gasteiger partial charge in [-0.25, -0.2) is 4.79 Å². The van der Waals surface area contributed by atoms with Crippen molar-refractivity contribution in [1.82, 2.24) is 0 Å². The molecule has 0 bridgehead atoms. The van der Waals surface area contributed by atoms with Crippen LogP contribution in [-0.2, 0) is 14.3 Å². The molecule has 0 aromatic heterocycles. The molecule has 0 aromatic carbocycles. The number of nitriles is 1. The van der Waals surface area contributed by atoms with Gasteiger partial charge >= 0.3 is 5.97 Å². The summed E-state index contributed by atoms with van der Waals surface area (Å²) in [6.45, 7) is 8.27. The lowest BCUT2D eigenvalue weighted by Crippen LogP contribution is -2.35. The summed E-state index contributed by atoms with van der Waals surface area (Å²) in [7, 11) is 0. The molecule has 0 saturated heterocycles. The number of ether oxygens (including phenoxy) is 1.